The molecule has 0 saturated heterocycles. The fourth-order valence-electron chi connectivity index (χ4n) is 1.51. The van der Waals surface area contributed by atoms with E-state index in [-0.39, 0.29) is 0 Å². The second kappa shape index (κ2) is 4.92. The van der Waals surface area contributed by atoms with E-state index < -0.39 is 0 Å². The average Bonchev–Trinajstić information content (AvgIpc) is 2.35. The standard InChI is InChI=1S/C13H17N3/c1-3-10(2)9-16-11-4-5-12-13(8-11)15-7-6-14-12/h4-8,10,16H,3,9H2,1-2H3. The van der Waals surface area contributed by atoms with Crippen LogP contribution >= 0.6 is 0 Å². The molecular formula is C13H17N3. The number of rotatable bonds is 4. The van der Waals surface area contributed by atoms with Gasteiger partial charge in [-0.2, -0.15) is 0 Å². The van der Waals surface area contributed by atoms with E-state index in [2.05, 4.69) is 35.2 Å². The van der Waals surface area contributed by atoms with Crippen molar-refractivity contribution in [3.63, 3.8) is 0 Å². The van der Waals surface area contributed by atoms with Crippen molar-refractivity contribution in [3.8, 4) is 0 Å². The summed E-state index contributed by atoms with van der Waals surface area (Å²) in [5.74, 6) is 0.692. The van der Waals surface area contributed by atoms with Gasteiger partial charge in [0, 0.05) is 24.6 Å². The molecule has 1 unspecified atom stereocenters. The summed E-state index contributed by atoms with van der Waals surface area (Å²) >= 11 is 0. The van der Waals surface area contributed by atoms with Crippen molar-refractivity contribution in [1.82, 2.24) is 9.97 Å². The largest absolute Gasteiger partial charge is 0.385 e. The number of hydrogen-bond donors (Lipinski definition) is 1. The van der Waals surface area contributed by atoms with Gasteiger partial charge in [-0.15, -0.1) is 0 Å². The van der Waals surface area contributed by atoms with Gasteiger partial charge in [0.2, 0.25) is 0 Å². The van der Waals surface area contributed by atoms with E-state index in [1.165, 1.54) is 6.42 Å². The first kappa shape index (κ1) is 10.9. The van der Waals surface area contributed by atoms with Gasteiger partial charge in [-0.25, -0.2) is 0 Å². The molecule has 0 fully saturated rings. The molecule has 0 spiro atoms. The minimum atomic E-state index is 0.692. The molecule has 1 aromatic heterocycles. The number of nitrogens with zero attached hydrogens (tertiary/aromatic N) is 2. The summed E-state index contributed by atoms with van der Waals surface area (Å²) in [5.41, 5.74) is 3.00. The Balaban J connectivity index is 2.13. The normalized spacial score (nSPS) is 12.6. The maximum Gasteiger partial charge on any atom is 0.0907 e. The fraction of sp³-hybridized carbons (Fsp3) is 0.385. The van der Waals surface area contributed by atoms with Crippen molar-refractivity contribution in [1.29, 1.82) is 0 Å². The van der Waals surface area contributed by atoms with E-state index in [1.807, 2.05) is 12.1 Å². The fourth-order valence-corrected chi connectivity index (χ4v) is 1.51. The zero-order chi connectivity index (χ0) is 11.4. The number of aromatic nitrogens is 2. The lowest BCUT2D eigenvalue weighted by atomic mass is 10.1. The highest BCUT2D eigenvalue weighted by Crippen LogP contribution is 2.15. The van der Waals surface area contributed by atoms with Crippen LogP contribution in [0.5, 0.6) is 0 Å². The molecule has 1 atom stereocenters. The van der Waals surface area contributed by atoms with Gasteiger partial charge in [0.15, 0.2) is 0 Å². The molecule has 0 amide bonds. The van der Waals surface area contributed by atoms with Crippen molar-refractivity contribution < 1.29 is 0 Å². The summed E-state index contributed by atoms with van der Waals surface area (Å²) in [6, 6.07) is 6.10. The van der Waals surface area contributed by atoms with Crippen molar-refractivity contribution in [3.05, 3.63) is 30.6 Å². The van der Waals surface area contributed by atoms with Gasteiger partial charge in [-0.3, -0.25) is 9.97 Å². The molecule has 84 valence electrons. The Morgan fingerprint density at radius 3 is 2.69 bits per heavy atom. The van der Waals surface area contributed by atoms with E-state index in [0.29, 0.717) is 5.92 Å². The van der Waals surface area contributed by atoms with E-state index in [0.717, 1.165) is 23.3 Å². The first-order valence-electron chi connectivity index (χ1n) is 5.74. The maximum absolute atomic E-state index is 4.29. The Bertz CT molecular complexity index is 467. The third-order valence-corrected chi connectivity index (χ3v) is 2.82. The molecule has 0 aliphatic carbocycles. The Morgan fingerprint density at radius 1 is 1.19 bits per heavy atom. The number of hydrogen-bond acceptors (Lipinski definition) is 3. The molecule has 1 aromatic carbocycles. The lowest BCUT2D eigenvalue weighted by molar-refractivity contribution is 0.593. The highest BCUT2D eigenvalue weighted by atomic mass is 14.9. The van der Waals surface area contributed by atoms with E-state index in [4.69, 9.17) is 0 Å². The van der Waals surface area contributed by atoms with Gasteiger partial charge >= 0.3 is 0 Å². The smallest absolute Gasteiger partial charge is 0.0907 e. The molecule has 3 heteroatoms. The van der Waals surface area contributed by atoms with Gasteiger partial charge in [-0.1, -0.05) is 20.3 Å². The van der Waals surface area contributed by atoms with Gasteiger partial charge in [0.1, 0.15) is 0 Å². The van der Waals surface area contributed by atoms with E-state index in [9.17, 15) is 0 Å². The van der Waals surface area contributed by atoms with Gasteiger partial charge in [0.05, 0.1) is 11.0 Å². The van der Waals surface area contributed by atoms with Crippen LogP contribution in [-0.2, 0) is 0 Å². The minimum absolute atomic E-state index is 0.692. The lowest BCUT2D eigenvalue weighted by Gasteiger charge is -2.11. The van der Waals surface area contributed by atoms with Crippen LogP contribution in [0, 0.1) is 5.92 Å². The topological polar surface area (TPSA) is 37.8 Å². The van der Waals surface area contributed by atoms with Crippen LogP contribution < -0.4 is 5.32 Å². The van der Waals surface area contributed by atoms with Crippen LogP contribution in [0.3, 0.4) is 0 Å². The van der Waals surface area contributed by atoms with Crippen LogP contribution in [-0.4, -0.2) is 16.5 Å². The van der Waals surface area contributed by atoms with Crippen LogP contribution in [0.25, 0.3) is 11.0 Å². The average molecular weight is 215 g/mol. The second-order valence-electron chi connectivity index (χ2n) is 4.15. The Kier molecular flexibility index (Phi) is 3.34. The molecule has 2 rings (SSSR count). The van der Waals surface area contributed by atoms with Gasteiger partial charge in [0.25, 0.3) is 0 Å². The summed E-state index contributed by atoms with van der Waals surface area (Å²) in [4.78, 5) is 8.53. The molecule has 3 nitrogen and oxygen atoms in total. The summed E-state index contributed by atoms with van der Waals surface area (Å²) in [6.45, 7) is 5.45. The molecule has 1 N–H and O–H groups in total. The van der Waals surface area contributed by atoms with Gasteiger partial charge in [-0.05, 0) is 24.1 Å². The van der Waals surface area contributed by atoms with Crippen LogP contribution in [0.4, 0.5) is 5.69 Å². The molecule has 1 heterocycles. The Labute approximate surface area is 95.9 Å². The molecular weight excluding hydrogens is 198 g/mol. The van der Waals surface area contributed by atoms with E-state index >= 15 is 0 Å². The van der Waals surface area contributed by atoms with Crippen molar-refractivity contribution >= 4 is 16.7 Å². The van der Waals surface area contributed by atoms with Crippen molar-refractivity contribution in [2.45, 2.75) is 20.3 Å². The summed E-state index contributed by atoms with van der Waals surface area (Å²) in [7, 11) is 0. The number of fused-ring (bicyclic) bond motifs is 1. The molecule has 0 aliphatic rings. The number of anilines is 1. The van der Waals surface area contributed by atoms with Crippen molar-refractivity contribution in [2.75, 3.05) is 11.9 Å². The monoisotopic (exact) mass is 215 g/mol. The first-order chi connectivity index (χ1) is 7.79. The predicted octanol–water partition coefficient (Wildman–Crippen LogP) is 3.09. The van der Waals surface area contributed by atoms with Crippen molar-refractivity contribution in [2.24, 2.45) is 5.92 Å². The molecule has 0 bridgehead atoms. The van der Waals surface area contributed by atoms with E-state index in [1.54, 1.807) is 12.4 Å². The molecule has 2 aromatic rings. The molecule has 16 heavy (non-hydrogen) atoms. The highest BCUT2D eigenvalue weighted by Gasteiger charge is 2.00. The quantitative estimate of drug-likeness (QED) is 0.851. The first-order valence-corrected chi connectivity index (χ1v) is 5.74. The van der Waals surface area contributed by atoms with Crippen LogP contribution in [0.2, 0.25) is 0 Å². The Hall–Kier alpha value is -1.64. The summed E-state index contributed by atoms with van der Waals surface area (Å²) < 4.78 is 0. The second-order valence-corrected chi connectivity index (χ2v) is 4.15. The van der Waals surface area contributed by atoms with Crippen LogP contribution in [0.1, 0.15) is 20.3 Å². The minimum Gasteiger partial charge on any atom is -0.385 e. The SMILES string of the molecule is CCC(C)CNc1ccc2nccnc2c1. The molecule has 0 saturated carbocycles. The number of benzene rings is 1. The Morgan fingerprint density at radius 2 is 1.94 bits per heavy atom. The molecule has 0 aliphatic heterocycles. The summed E-state index contributed by atoms with van der Waals surface area (Å²) in [5, 5.41) is 3.42. The molecule has 0 radical (unpaired) electrons. The number of nitrogens with one attached hydrogen (secondary N) is 1. The lowest BCUT2D eigenvalue weighted by Crippen LogP contribution is -2.10. The zero-order valence-electron chi connectivity index (χ0n) is 9.77. The third-order valence-electron chi connectivity index (χ3n) is 2.82. The maximum atomic E-state index is 4.29. The predicted molar refractivity (Wildman–Crippen MR) is 67.5 cm³/mol. The highest BCUT2D eigenvalue weighted by molar-refractivity contribution is 5.78. The summed E-state index contributed by atoms with van der Waals surface area (Å²) in [6.07, 6.45) is 4.63. The zero-order valence-corrected chi connectivity index (χ0v) is 9.77. The van der Waals surface area contributed by atoms with Crippen LogP contribution in [0.15, 0.2) is 30.6 Å². The third kappa shape index (κ3) is 2.48. The van der Waals surface area contributed by atoms with Gasteiger partial charge < -0.3 is 5.32 Å².